The summed E-state index contributed by atoms with van der Waals surface area (Å²) in [6.07, 6.45) is 1.50. The molecule has 0 aromatic heterocycles. The van der Waals surface area contributed by atoms with Crippen molar-refractivity contribution in [2.24, 2.45) is 0 Å². The predicted molar refractivity (Wildman–Crippen MR) is 66.9 cm³/mol. The van der Waals surface area contributed by atoms with Crippen LogP contribution in [-0.4, -0.2) is 18.9 Å². The molecule has 0 fully saturated rings. The van der Waals surface area contributed by atoms with Crippen molar-refractivity contribution in [1.29, 1.82) is 0 Å². The van der Waals surface area contributed by atoms with Gasteiger partial charge < -0.3 is 4.74 Å². The number of ether oxygens (including phenoxy) is 1. The molecule has 1 aromatic rings. The molecule has 0 saturated carbocycles. The number of carbonyl (C=O) groups is 2. The van der Waals surface area contributed by atoms with Crippen molar-refractivity contribution in [2.45, 2.75) is 13.8 Å². The minimum absolute atomic E-state index is 0.0119. The van der Waals surface area contributed by atoms with E-state index in [1.165, 1.54) is 20.1 Å². The van der Waals surface area contributed by atoms with Crippen molar-refractivity contribution in [1.82, 2.24) is 0 Å². The number of benzene rings is 1. The Labute approximate surface area is 105 Å². The van der Waals surface area contributed by atoms with E-state index in [0.29, 0.717) is 5.02 Å². The molecule has 0 aliphatic carbocycles. The molecule has 1 rings (SSSR count). The number of carbonyl (C=O) groups excluding carboxylic acids is 2. The van der Waals surface area contributed by atoms with E-state index in [0.717, 1.165) is 11.1 Å². The Morgan fingerprint density at radius 3 is 2.53 bits per heavy atom. The molecular weight excluding hydrogens is 240 g/mol. The third kappa shape index (κ3) is 3.17. The lowest BCUT2D eigenvalue weighted by atomic mass is 10.0. The zero-order chi connectivity index (χ0) is 13.0. The van der Waals surface area contributed by atoms with Gasteiger partial charge in [0.2, 0.25) is 0 Å². The fourth-order valence-electron chi connectivity index (χ4n) is 1.35. The summed E-state index contributed by atoms with van der Waals surface area (Å²) in [6, 6.07) is 5.29. The standard InChI is InChI=1S/C13H13ClO3/c1-8-10(5-4-6-12(8)14)7-11(9(2)15)13(16)17-3/h4-7H,1-3H3. The van der Waals surface area contributed by atoms with E-state index in [1.807, 2.05) is 6.92 Å². The van der Waals surface area contributed by atoms with Crippen LogP contribution in [-0.2, 0) is 14.3 Å². The first-order chi connectivity index (χ1) is 7.97. The fraction of sp³-hybridized carbons (Fsp3) is 0.231. The topological polar surface area (TPSA) is 43.4 Å². The maximum absolute atomic E-state index is 11.4. The van der Waals surface area contributed by atoms with E-state index in [4.69, 9.17) is 11.6 Å². The van der Waals surface area contributed by atoms with Gasteiger partial charge in [-0.2, -0.15) is 0 Å². The summed E-state index contributed by atoms with van der Waals surface area (Å²) >= 11 is 5.96. The van der Waals surface area contributed by atoms with Gasteiger partial charge in [-0.1, -0.05) is 23.7 Å². The summed E-state index contributed by atoms with van der Waals surface area (Å²) in [6.45, 7) is 3.14. The third-order valence-corrected chi connectivity index (χ3v) is 2.80. The second-order valence-corrected chi connectivity index (χ2v) is 3.97. The van der Waals surface area contributed by atoms with Gasteiger partial charge in [-0.05, 0) is 37.1 Å². The van der Waals surface area contributed by atoms with Crippen LogP contribution in [0.1, 0.15) is 18.1 Å². The Kier molecular flexibility index (Phi) is 4.46. The van der Waals surface area contributed by atoms with Crippen LogP contribution in [0.25, 0.3) is 6.08 Å². The molecule has 0 radical (unpaired) electrons. The van der Waals surface area contributed by atoms with Crippen LogP contribution in [0.3, 0.4) is 0 Å². The first-order valence-corrected chi connectivity index (χ1v) is 5.41. The molecular formula is C13H13ClO3. The molecule has 0 spiro atoms. The number of methoxy groups -OCH3 is 1. The minimum atomic E-state index is -0.642. The molecule has 0 saturated heterocycles. The maximum Gasteiger partial charge on any atom is 0.341 e. The Morgan fingerprint density at radius 1 is 1.35 bits per heavy atom. The Morgan fingerprint density at radius 2 is 2.00 bits per heavy atom. The van der Waals surface area contributed by atoms with Gasteiger partial charge in [0.05, 0.1) is 7.11 Å². The molecule has 0 aliphatic heterocycles. The fourth-order valence-corrected chi connectivity index (χ4v) is 1.53. The van der Waals surface area contributed by atoms with Crippen LogP contribution in [0, 0.1) is 6.92 Å². The lowest BCUT2D eigenvalue weighted by Crippen LogP contribution is -2.11. The summed E-state index contributed by atoms with van der Waals surface area (Å²) in [5, 5.41) is 0.589. The van der Waals surface area contributed by atoms with Crippen LogP contribution < -0.4 is 0 Å². The monoisotopic (exact) mass is 252 g/mol. The normalized spacial score (nSPS) is 11.2. The molecule has 0 aliphatic rings. The van der Waals surface area contributed by atoms with Gasteiger partial charge >= 0.3 is 5.97 Å². The van der Waals surface area contributed by atoms with Crippen molar-refractivity contribution in [2.75, 3.05) is 7.11 Å². The summed E-state index contributed by atoms with van der Waals surface area (Å²) < 4.78 is 4.55. The number of hydrogen-bond donors (Lipinski definition) is 0. The highest BCUT2D eigenvalue weighted by Crippen LogP contribution is 2.21. The average Bonchev–Trinajstić information content (AvgIpc) is 2.29. The zero-order valence-electron chi connectivity index (χ0n) is 9.91. The third-order valence-electron chi connectivity index (χ3n) is 2.39. The van der Waals surface area contributed by atoms with Crippen LogP contribution in [0.4, 0.5) is 0 Å². The van der Waals surface area contributed by atoms with Crippen molar-refractivity contribution in [3.63, 3.8) is 0 Å². The van der Waals surface area contributed by atoms with Gasteiger partial charge in [0, 0.05) is 5.02 Å². The molecule has 4 heteroatoms. The Hall–Kier alpha value is -1.61. The van der Waals surface area contributed by atoms with E-state index >= 15 is 0 Å². The van der Waals surface area contributed by atoms with E-state index < -0.39 is 5.97 Å². The Bertz CT molecular complexity index is 489. The number of Topliss-reactive ketones (excluding diaryl/α,β-unsaturated/α-hetero) is 1. The highest BCUT2D eigenvalue weighted by molar-refractivity contribution is 6.31. The second-order valence-electron chi connectivity index (χ2n) is 3.56. The van der Waals surface area contributed by atoms with Crippen LogP contribution >= 0.6 is 11.6 Å². The second kappa shape index (κ2) is 5.64. The predicted octanol–water partition coefficient (Wildman–Crippen LogP) is 2.79. The smallest absolute Gasteiger partial charge is 0.341 e. The van der Waals surface area contributed by atoms with Crippen molar-refractivity contribution >= 4 is 29.4 Å². The van der Waals surface area contributed by atoms with E-state index in [-0.39, 0.29) is 11.4 Å². The average molecular weight is 253 g/mol. The van der Waals surface area contributed by atoms with Gasteiger partial charge in [-0.15, -0.1) is 0 Å². The SMILES string of the molecule is COC(=O)C(=Cc1cccc(Cl)c1C)C(C)=O. The lowest BCUT2D eigenvalue weighted by molar-refractivity contribution is -0.137. The van der Waals surface area contributed by atoms with Gasteiger partial charge in [-0.25, -0.2) is 4.79 Å². The highest BCUT2D eigenvalue weighted by atomic mass is 35.5. The number of halogens is 1. The number of hydrogen-bond acceptors (Lipinski definition) is 3. The van der Waals surface area contributed by atoms with Gasteiger partial charge in [0.1, 0.15) is 5.57 Å². The number of rotatable bonds is 3. The zero-order valence-corrected chi connectivity index (χ0v) is 10.7. The first-order valence-electron chi connectivity index (χ1n) is 5.03. The summed E-state index contributed by atoms with van der Waals surface area (Å²) in [7, 11) is 1.24. The molecule has 0 unspecified atom stereocenters. The molecule has 0 heterocycles. The first kappa shape index (κ1) is 13.5. The summed E-state index contributed by atoms with van der Waals surface area (Å²) in [5.74, 6) is -0.979. The quantitative estimate of drug-likeness (QED) is 0.360. The van der Waals surface area contributed by atoms with E-state index in [2.05, 4.69) is 4.74 Å². The van der Waals surface area contributed by atoms with Gasteiger partial charge in [-0.3, -0.25) is 4.79 Å². The van der Waals surface area contributed by atoms with E-state index in [1.54, 1.807) is 18.2 Å². The van der Waals surface area contributed by atoms with Crippen LogP contribution in [0.5, 0.6) is 0 Å². The van der Waals surface area contributed by atoms with E-state index in [9.17, 15) is 9.59 Å². The number of esters is 1. The van der Waals surface area contributed by atoms with Gasteiger partial charge in [0.25, 0.3) is 0 Å². The van der Waals surface area contributed by atoms with Crippen molar-refractivity contribution < 1.29 is 14.3 Å². The Balaban J connectivity index is 3.27. The van der Waals surface area contributed by atoms with Crippen LogP contribution in [0.2, 0.25) is 5.02 Å². The molecule has 17 heavy (non-hydrogen) atoms. The molecule has 0 amide bonds. The number of ketones is 1. The molecule has 0 N–H and O–H groups in total. The summed E-state index contributed by atoms with van der Waals surface area (Å²) in [4.78, 5) is 22.8. The minimum Gasteiger partial charge on any atom is -0.465 e. The largest absolute Gasteiger partial charge is 0.465 e. The highest BCUT2D eigenvalue weighted by Gasteiger charge is 2.15. The van der Waals surface area contributed by atoms with Crippen molar-refractivity contribution in [3.05, 3.63) is 39.9 Å². The lowest BCUT2D eigenvalue weighted by Gasteiger charge is -2.05. The molecule has 3 nitrogen and oxygen atoms in total. The summed E-state index contributed by atoms with van der Waals surface area (Å²) in [5.41, 5.74) is 1.56. The molecule has 1 aromatic carbocycles. The molecule has 0 bridgehead atoms. The molecule has 90 valence electrons. The van der Waals surface area contributed by atoms with Crippen LogP contribution in [0.15, 0.2) is 23.8 Å². The van der Waals surface area contributed by atoms with Gasteiger partial charge in [0.15, 0.2) is 5.78 Å². The van der Waals surface area contributed by atoms with Crippen molar-refractivity contribution in [3.8, 4) is 0 Å². The maximum atomic E-state index is 11.4. The molecule has 0 atom stereocenters.